The maximum Gasteiger partial charge on any atom is 0.334 e. The molecule has 0 spiro atoms. The van der Waals surface area contributed by atoms with Gasteiger partial charge in [-0.2, -0.15) is 0 Å². The first-order valence-electron chi connectivity index (χ1n) is 8.91. The van der Waals surface area contributed by atoms with Gasteiger partial charge in [-0.3, -0.25) is 0 Å². The molecule has 0 unspecified atom stereocenters. The van der Waals surface area contributed by atoms with Crippen LogP contribution in [0.2, 0.25) is 5.02 Å². The van der Waals surface area contributed by atoms with Gasteiger partial charge >= 0.3 is 11.9 Å². The van der Waals surface area contributed by atoms with Crippen LogP contribution in [0.15, 0.2) is 71.1 Å². The van der Waals surface area contributed by atoms with Gasteiger partial charge in [0.1, 0.15) is 12.4 Å². The van der Waals surface area contributed by atoms with E-state index in [2.05, 4.69) is 5.32 Å². The van der Waals surface area contributed by atoms with Crippen molar-refractivity contribution in [3.63, 3.8) is 0 Å². The van der Waals surface area contributed by atoms with E-state index in [1.165, 1.54) is 0 Å². The fourth-order valence-electron chi connectivity index (χ4n) is 3.46. The number of nitrogens with one attached hydrogen (secondary N) is 1. The molecule has 3 N–H and O–H groups in total. The van der Waals surface area contributed by atoms with Gasteiger partial charge in [-0.25, -0.2) is 9.59 Å². The number of carboxylic acids is 2. The van der Waals surface area contributed by atoms with Gasteiger partial charge in [-0.05, 0) is 37.6 Å². The minimum atomic E-state index is -1.18. The van der Waals surface area contributed by atoms with Gasteiger partial charge in [0.05, 0.1) is 17.1 Å². The molecule has 7 heteroatoms. The highest BCUT2D eigenvalue weighted by Gasteiger charge is 2.37. The third-order valence-electron chi connectivity index (χ3n) is 4.76. The number of allylic oxidation sites excluding steroid dienone is 2. The van der Waals surface area contributed by atoms with E-state index in [-0.39, 0.29) is 17.8 Å². The number of halogens is 1. The Morgan fingerprint density at radius 3 is 2.07 bits per heavy atom. The predicted molar refractivity (Wildman–Crippen MR) is 109 cm³/mol. The Hall–Kier alpha value is -3.25. The van der Waals surface area contributed by atoms with Crippen LogP contribution in [0.3, 0.4) is 0 Å². The molecule has 0 fully saturated rings. The number of benzene rings is 2. The fourth-order valence-corrected chi connectivity index (χ4v) is 3.59. The lowest BCUT2D eigenvalue weighted by atomic mass is 9.80. The second kappa shape index (κ2) is 8.41. The molecule has 2 aromatic rings. The van der Waals surface area contributed by atoms with Gasteiger partial charge < -0.3 is 20.3 Å². The monoisotopic (exact) mass is 413 g/mol. The summed E-state index contributed by atoms with van der Waals surface area (Å²) < 4.78 is 5.95. The summed E-state index contributed by atoms with van der Waals surface area (Å²) in [6, 6.07) is 14.1. The highest BCUT2D eigenvalue weighted by molar-refractivity contribution is 6.30. The minimum Gasteiger partial charge on any atom is -0.489 e. The molecule has 6 nitrogen and oxygen atoms in total. The summed E-state index contributed by atoms with van der Waals surface area (Å²) in [5.41, 5.74) is 2.13. The van der Waals surface area contributed by atoms with Gasteiger partial charge in [0.25, 0.3) is 0 Å². The molecule has 0 amide bonds. The minimum absolute atomic E-state index is 0.0180. The molecule has 0 saturated heterocycles. The largest absolute Gasteiger partial charge is 0.489 e. The average Bonchev–Trinajstić information content (AvgIpc) is 2.66. The zero-order valence-electron chi connectivity index (χ0n) is 15.9. The summed E-state index contributed by atoms with van der Waals surface area (Å²) in [6.07, 6.45) is 0. The standard InChI is InChI=1S/C22H20ClNO5/c1-12-18(21(25)26)20(19(22(27)28)13(2)24-12)16-5-3-4-6-17(16)29-11-14-7-9-15(23)10-8-14/h3-10,20,24H,11H2,1-2H3,(H,25,26)(H,27,28). The van der Waals surface area contributed by atoms with E-state index in [1.54, 1.807) is 50.2 Å². The summed E-state index contributed by atoms with van der Waals surface area (Å²) in [5.74, 6) is -2.90. The Kier molecular flexibility index (Phi) is 5.94. The smallest absolute Gasteiger partial charge is 0.334 e. The van der Waals surface area contributed by atoms with Crippen LogP contribution in [-0.2, 0) is 16.2 Å². The second-order valence-corrected chi connectivity index (χ2v) is 7.14. The Labute approximate surface area is 173 Å². The highest BCUT2D eigenvalue weighted by Crippen LogP contribution is 2.42. The molecule has 0 atom stereocenters. The van der Waals surface area contributed by atoms with Crippen molar-refractivity contribution in [3.05, 3.63) is 87.2 Å². The molecule has 1 aliphatic heterocycles. The summed E-state index contributed by atoms with van der Waals surface area (Å²) >= 11 is 5.91. The van der Waals surface area contributed by atoms with Gasteiger partial charge in [0.15, 0.2) is 0 Å². The zero-order chi connectivity index (χ0) is 21.1. The number of hydrogen-bond donors (Lipinski definition) is 3. The first kappa shape index (κ1) is 20.5. The molecule has 1 heterocycles. The first-order valence-corrected chi connectivity index (χ1v) is 9.28. The number of aliphatic carboxylic acids is 2. The third kappa shape index (κ3) is 4.27. The quantitative estimate of drug-likeness (QED) is 0.652. The van der Waals surface area contributed by atoms with Crippen LogP contribution < -0.4 is 10.1 Å². The van der Waals surface area contributed by atoms with Crippen LogP contribution in [0.4, 0.5) is 0 Å². The number of hydrogen-bond acceptors (Lipinski definition) is 4. The molecule has 150 valence electrons. The van der Waals surface area contributed by atoms with Crippen molar-refractivity contribution < 1.29 is 24.5 Å². The van der Waals surface area contributed by atoms with Crippen molar-refractivity contribution in [1.82, 2.24) is 5.32 Å². The SMILES string of the molecule is CC1=C(C(=O)O)C(c2ccccc2OCc2ccc(Cl)cc2)C(C(=O)O)=C(C)N1. The molecular formula is C22H20ClNO5. The van der Waals surface area contributed by atoms with E-state index >= 15 is 0 Å². The fraction of sp³-hybridized carbons (Fsp3) is 0.182. The summed E-state index contributed by atoms with van der Waals surface area (Å²) in [7, 11) is 0. The topological polar surface area (TPSA) is 95.9 Å². The number of rotatable bonds is 6. The van der Waals surface area contributed by atoms with E-state index in [9.17, 15) is 19.8 Å². The van der Waals surface area contributed by atoms with E-state index in [4.69, 9.17) is 16.3 Å². The Morgan fingerprint density at radius 2 is 1.52 bits per heavy atom. The van der Waals surface area contributed by atoms with Crippen molar-refractivity contribution in [3.8, 4) is 5.75 Å². The van der Waals surface area contributed by atoms with E-state index < -0.39 is 17.9 Å². The number of carboxylic acid groups (broad SMARTS) is 2. The van der Waals surface area contributed by atoms with Crippen LogP contribution in [0.1, 0.15) is 30.9 Å². The van der Waals surface area contributed by atoms with Crippen molar-refractivity contribution in [2.75, 3.05) is 0 Å². The zero-order valence-corrected chi connectivity index (χ0v) is 16.7. The molecule has 1 aliphatic rings. The normalized spacial score (nSPS) is 14.6. The summed E-state index contributed by atoms with van der Waals surface area (Å²) in [5, 5.41) is 23.1. The highest BCUT2D eigenvalue weighted by atomic mass is 35.5. The lowest BCUT2D eigenvalue weighted by molar-refractivity contribution is -0.133. The van der Waals surface area contributed by atoms with E-state index in [0.29, 0.717) is 27.7 Å². The van der Waals surface area contributed by atoms with Crippen LogP contribution in [0.25, 0.3) is 0 Å². The second-order valence-electron chi connectivity index (χ2n) is 6.70. The van der Waals surface area contributed by atoms with Crippen molar-refractivity contribution in [2.45, 2.75) is 26.4 Å². The molecule has 0 saturated carbocycles. The Morgan fingerprint density at radius 1 is 0.966 bits per heavy atom. The van der Waals surface area contributed by atoms with Gasteiger partial charge in [-0.15, -0.1) is 0 Å². The number of carbonyl (C=O) groups is 2. The predicted octanol–water partition coefficient (Wildman–Crippen LogP) is 4.32. The Bertz CT molecular complexity index is 988. The summed E-state index contributed by atoms with van der Waals surface area (Å²) in [4.78, 5) is 24.0. The third-order valence-corrected chi connectivity index (χ3v) is 5.01. The van der Waals surface area contributed by atoms with Crippen LogP contribution >= 0.6 is 11.6 Å². The van der Waals surface area contributed by atoms with E-state index in [1.807, 2.05) is 12.1 Å². The molecule has 2 aromatic carbocycles. The van der Waals surface area contributed by atoms with Crippen LogP contribution in [-0.4, -0.2) is 22.2 Å². The van der Waals surface area contributed by atoms with Crippen LogP contribution in [0.5, 0.6) is 5.75 Å². The maximum atomic E-state index is 12.0. The molecule has 0 aromatic heterocycles. The average molecular weight is 414 g/mol. The number of ether oxygens (including phenoxy) is 1. The molecule has 29 heavy (non-hydrogen) atoms. The number of dihydropyridines is 1. The first-order chi connectivity index (χ1) is 13.8. The number of para-hydroxylation sites is 1. The van der Waals surface area contributed by atoms with Gasteiger partial charge in [0.2, 0.25) is 0 Å². The summed E-state index contributed by atoms with van der Waals surface area (Å²) in [6.45, 7) is 3.47. The van der Waals surface area contributed by atoms with Crippen LogP contribution in [0, 0.1) is 0 Å². The van der Waals surface area contributed by atoms with E-state index in [0.717, 1.165) is 5.56 Å². The molecule has 0 radical (unpaired) electrons. The van der Waals surface area contributed by atoms with Crippen molar-refractivity contribution >= 4 is 23.5 Å². The van der Waals surface area contributed by atoms with Crippen molar-refractivity contribution in [2.24, 2.45) is 0 Å². The van der Waals surface area contributed by atoms with Crippen molar-refractivity contribution in [1.29, 1.82) is 0 Å². The lowest BCUT2D eigenvalue weighted by Gasteiger charge is -2.29. The van der Waals surface area contributed by atoms with Gasteiger partial charge in [-0.1, -0.05) is 41.9 Å². The maximum absolute atomic E-state index is 12.0. The Balaban J connectivity index is 2.05. The molecule has 3 rings (SSSR count). The molecular weight excluding hydrogens is 394 g/mol. The molecule has 0 aliphatic carbocycles. The van der Waals surface area contributed by atoms with Gasteiger partial charge in [0, 0.05) is 22.0 Å². The molecule has 0 bridgehead atoms. The lowest BCUT2D eigenvalue weighted by Crippen LogP contribution is -2.31.